The Morgan fingerprint density at radius 2 is 1.56 bits per heavy atom. The molecule has 1 aliphatic carbocycles. The highest BCUT2D eigenvalue weighted by molar-refractivity contribution is 5.73. The van der Waals surface area contributed by atoms with Crippen LogP contribution in [0.15, 0.2) is 0 Å². The fourth-order valence-electron chi connectivity index (χ4n) is 3.18. The van der Waals surface area contributed by atoms with Crippen LogP contribution in [0.25, 0.3) is 0 Å². The summed E-state index contributed by atoms with van der Waals surface area (Å²) in [7, 11) is 0. The molecule has 1 aliphatic heterocycles. The van der Waals surface area contributed by atoms with E-state index in [-0.39, 0.29) is 6.03 Å². The third kappa shape index (κ3) is 4.51. The summed E-state index contributed by atoms with van der Waals surface area (Å²) in [6, 6.07) is 0.0488. The molecule has 18 heavy (non-hydrogen) atoms. The average molecular weight is 251 g/mol. The zero-order chi connectivity index (χ0) is 12.6. The molecule has 3 heteroatoms. The zero-order valence-electron chi connectivity index (χ0n) is 11.6. The molecule has 2 aliphatic rings. The number of hydrogen-bond donors (Lipinski definition) is 0. The van der Waals surface area contributed by atoms with Gasteiger partial charge in [0.1, 0.15) is 0 Å². The largest absolute Gasteiger partial charge is 0.338 e. The van der Waals surface area contributed by atoms with Gasteiger partial charge in [0.15, 0.2) is 0 Å². The molecule has 1 saturated heterocycles. The highest BCUT2D eigenvalue weighted by atomic mass is 16.2. The Morgan fingerprint density at radius 1 is 0.944 bits per heavy atom. The predicted molar refractivity (Wildman–Crippen MR) is 73.6 cm³/mol. The lowest BCUT2D eigenvalue weighted by Crippen LogP contribution is -2.37. The van der Waals surface area contributed by atoms with Gasteiger partial charge in [-0.05, 0) is 25.2 Å². The first-order chi connectivity index (χ1) is 8.86. The van der Waals surface area contributed by atoms with Crippen LogP contribution in [0.5, 0.6) is 0 Å². The number of urea groups is 1. The quantitative estimate of drug-likeness (QED) is 0.755. The molecule has 2 rings (SSSR count). The van der Waals surface area contributed by atoms with Crippen molar-refractivity contribution in [3.8, 4) is 0 Å². The highest BCUT2D eigenvalue weighted by Crippen LogP contribution is 2.25. The van der Waals surface area contributed by atoms with Gasteiger partial charge < -0.3 is 4.90 Å². The first-order valence-electron chi connectivity index (χ1n) is 7.82. The van der Waals surface area contributed by atoms with E-state index < -0.39 is 0 Å². The van der Waals surface area contributed by atoms with Crippen LogP contribution in [0.2, 0.25) is 0 Å². The van der Waals surface area contributed by atoms with Crippen LogP contribution in [0, 0.1) is 5.92 Å². The SMILES string of the molecule is O=C([N]CCC1CCCCC1)N1CCCCCC1. The summed E-state index contributed by atoms with van der Waals surface area (Å²) >= 11 is 0. The van der Waals surface area contributed by atoms with Crippen LogP contribution in [0.4, 0.5) is 4.79 Å². The van der Waals surface area contributed by atoms with Gasteiger partial charge in [-0.1, -0.05) is 44.9 Å². The van der Waals surface area contributed by atoms with E-state index in [4.69, 9.17) is 0 Å². The molecule has 103 valence electrons. The summed E-state index contributed by atoms with van der Waals surface area (Å²) in [5.41, 5.74) is 0. The van der Waals surface area contributed by atoms with Crippen LogP contribution in [-0.4, -0.2) is 30.6 Å². The molecule has 2 amide bonds. The van der Waals surface area contributed by atoms with E-state index in [2.05, 4.69) is 5.32 Å². The van der Waals surface area contributed by atoms with Crippen LogP contribution in [0.1, 0.15) is 64.2 Å². The van der Waals surface area contributed by atoms with Crippen LogP contribution in [0.3, 0.4) is 0 Å². The van der Waals surface area contributed by atoms with Gasteiger partial charge in [-0.2, -0.15) is 0 Å². The van der Waals surface area contributed by atoms with Crippen LogP contribution in [-0.2, 0) is 0 Å². The van der Waals surface area contributed by atoms with Gasteiger partial charge in [0.2, 0.25) is 0 Å². The van der Waals surface area contributed by atoms with Crippen molar-refractivity contribution in [1.29, 1.82) is 0 Å². The van der Waals surface area contributed by atoms with Crippen molar-refractivity contribution < 1.29 is 4.79 Å². The summed E-state index contributed by atoms with van der Waals surface area (Å²) in [5.74, 6) is 0.833. The monoisotopic (exact) mass is 251 g/mol. The first kappa shape index (κ1) is 13.7. The van der Waals surface area contributed by atoms with E-state index in [1.807, 2.05) is 4.90 Å². The third-order valence-corrected chi connectivity index (χ3v) is 4.39. The molecular weight excluding hydrogens is 224 g/mol. The molecule has 0 aromatic heterocycles. The number of nitrogens with zero attached hydrogens (tertiary/aromatic N) is 2. The lowest BCUT2D eigenvalue weighted by atomic mass is 9.87. The number of carbonyl (C=O) groups is 1. The molecule has 0 aromatic carbocycles. The molecule has 1 heterocycles. The van der Waals surface area contributed by atoms with Crippen molar-refractivity contribution in [2.75, 3.05) is 19.6 Å². The van der Waals surface area contributed by atoms with E-state index in [0.717, 1.165) is 44.8 Å². The van der Waals surface area contributed by atoms with Crippen LogP contribution >= 0.6 is 0 Å². The Balaban J connectivity index is 1.61. The smallest absolute Gasteiger partial charge is 0.323 e. The minimum absolute atomic E-state index is 0.0488. The summed E-state index contributed by atoms with van der Waals surface area (Å²) in [6.07, 6.45) is 12.8. The summed E-state index contributed by atoms with van der Waals surface area (Å²) in [6.45, 7) is 2.59. The Morgan fingerprint density at radius 3 is 2.22 bits per heavy atom. The molecular formula is C15H27N2O. The van der Waals surface area contributed by atoms with E-state index in [1.165, 1.54) is 44.9 Å². The molecule has 3 nitrogen and oxygen atoms in total. The van der Waals surface area contributed by atoms with Gasteiger partial charge in [-0.3, -0.25) is 0 Å². The van der Waals surface area contributed by atoms with Crippen molar-refractivity contribution in [2.24, 2.45) is 5.92 Å². The Kier molecular flexibility index (Phi) is 5.82. The third-order valence-electron chi connectivity index (χ3n) is 4.39. The maximum Gasteiger partial charge on any atom is 0.338 e. The summed E-state index contributed by atoms with van der Waals surface area (Å²) in [4.78, 5) is 13.9. The number of hydrogen-bond acceptors (Lipinski definition) is 1. The van der Waals surface area contributed by atoms with Crippen molar-refractivity contribution in [3.05, 3.63) is 0 Å². The second kappa shape index (κ2) is 7.65. The number of carbonyl (C=O) groups excluding carboxylic acids is 1. The van der Waals surface area contributed by atoms with E-state index >= 15 is 0 Å². The molecule has 1 radical (unpaired) electrons. The second-order valence-electron chi connectivity index (χ2n) is 5.86. The van der Waals surface area contributed by atoms with Gasteiger partial charge in [0.05, 0.1) is 0 Å². The molecule has 1 saturated carbocycles. The Bertz CT molecular complexity index is 241. The zero-order valence-corrected chi connectivity index (χ0v) is 11.6. The average Bonchev–Trinajstić information content (AvgIpc) is 2.69. The maximum absolute atomic E-state index is 12.0. The lowest BCUT2D eigenvalue weighted by molar-refractivity contribution is 0.197. The molecule has 0 atom stereocenters. The topological polar surface area (TPSA) is 34.4 Å². The minimum atomic E-state index is 0.0488. The van der Waals surface area contributed by atoms with Crippen molar-refractivity contribution in [3.63, 3.8) is 0 Å². The minimum Gasteiger partial charge on any atom is -0.323 e. The normalized spacial score (nSPS) is 22.6. The standard InChI is InChI=1S/C15H27N2O/c18-15(17-12-6-1-2-7-13-17)16-11-10-14-8-4-3-5-9-14/h14H,1-13H2. The summed E-state index contributed by atoms with van der Waals surface area (Å²) < 4.78 is 0. The fraction of sp³-hybridized carbons (Fsp3) is 0.933. The molecule has 0 unspecified atom stereocenters. The Labute approximate surface area is 111 Å². The highest BCUT2D eigenvalue weighted by Gasteiger charge is 2.17. The fourth-order valence-corrected chi connectivity index (χ4v) is 3.18. The van der Waals surface area contributed by atoms with Crippen molar-refractivity contribution in [1.82, 2.24) is 10.2 Å². The van der Waals surface area contributed by atoms with E-state index in [0.29, 0.717) is 0 Å². The van der Waals surface area contributed by atoms with Gasteiger partial charge in [0.25, 0.3) is 0 Å². The van der Waals surface area contributed by atoms with Crippen molar-refractivity contribution >= 4 is 6.03 Å². The molecule has 2 fully saturated rings. The number of likely N-dealkylation sites (tertiary alicyclic amines) is 1. The van der Waals surface area contributed by atoms with Crippen molar-refractivity contribution in [2.45, 2.75) is 64.2 Å². The van der Waals surface area contributed by atoms with E-state index in [1.54, 1.807) is 0 Å². The Hall–Kier alpha value is -0.730. The number of amides is 2. The first-order valence-corrected chi connectivity index (χ1v) is 7.82. The molecule has 0 N–H and O–H groups in total. The summed E-state index contributed by atoms with van der Waals surface area (Å²) in [5, 5.41) is 4.27. The van der Waals surface area contributed by atoms with Gasteiger partial charge in [0, 0.05) is 19.6 Å². The van der Waals surface area contributed by atoms with Crippen LogP contribution < -0.4 is 5.32 Å². The van der Waals surface area contributed by atoms with Gasteiger partial charge >= 0.3 is 6.03 Å². The molecule has 0 spiro atoms. The lowest BCUT2D eigenvalue weighted by Gasteiger charge is -2.22. The van der Waals surface area contributed by atoms with E-state index in [9.17, 15) is 4.79 Å². The second-order valence-corrected chi connectivity index (χ2v) is 5.86. The number of rotatable bonds is 3. The molecule has 0 bridgehead atoms. The van der Waals surface area contributed by atoms with Gasteiger partial charge in [-0.25, -0.2) is 10.1 Å². The maximum atomic E-state index is 12.0. The molecule has 0 aromatic rings. The van der Waals surface area contributed by atoms with Gasteiger partial charge in [-0.15, -0.1) is 0 Å². The predicted octanol–water partition coefficient (Wildman–Crippen LogP) is 3.56.